The second-order valence-electron chi connectivity index (χ2n) is 5.55. The summed E-state index contributed by atoms with van der Waals surface area (Å²) in [5.74, 6) is 0. The van der Waals surface area contributed by atoms with Crippen molar-refractivity contribution in [2.75, 3.05) is 46.3 Å². The van der Waals surface area contributed by atoms with E-state index in [2.05, 4.69) is 39.7 Å². The van der Waals surface area contributed by atoms with Crippen LogP contribution >= 0.6 is 11.3 Å². The molecule has 3 rings (SSSR count). The van der Waals surface area contributed by atoms with Gasteiger partial charge in [0.15, 0.2) is 0 Å². The highest BCUT2D eigenvalue weighted by Gasteiger charge is 2.41. The van der Waals surface area contributed by atoms with Crippen molar-refractivity contribution in [3.05, 3.63) is 22.4 Å². The zero-order valence-corrected chi connectivity index (χ0v) is 12.0. The first-order valence-electron chi connectivity index (χ1n) is 7.00. The maximum atomic E-state index is 3.52. The summed E-state index contributed by atoms with van der Waals surface area (Å²) in [5.41, 5.74) is 0.320. The fourth-order valence-electron chi connectivity index (χ4n) is 3.34. The number of hydrogen-bond acceptors (Lipinski definition) is 4. The lowest BCUT2D eigenvalue weighted by Gasteiger charge is -2.49. The van der Waals surface area contributed by atoms with E-state index in [1.807, 2.05) is 11.3 Å². The number of thiophene rings is 1. The molecule has 1 N–H and O–H groups in total. The lowest BCUT2D eigenvalue weighted by molar-refractivity contribution is 0.0173. The number of likely N-dealkylation sites (N-methyl/N-ethyl adjacent to an activating group) is 1. The number of rotatable bonds is 2. The summed E-state index contributed by atoms with van der Waals surface area (Å²) in [4.78, 5) is 6.77. The van der Waals surface area contributed by atoms with Gasteiger partial charge in [0.05, 0.1) is 5.54 Å². The van der Waals surface area contributed by atoms with Crippen LogP contribution < -0.4 is 5.32 Å². The van der Waals surface area contributed by atoms with Crippen molar-refractivity contribution in [2.24, 2.45) is 0 Å². The van der Waals surface area contributed by atoms with Gasteiger partial charge < -0.3 is 10.2 Å². The Labute approximate surface area is 114 Å². The summed E-state index contributed by atoms with van der Waals surface area (Å²) in [7, 11) is 2.23. The van der Waals surface area contributed by atoms with Crippen molar-refractivity contribution < 1.29 is 0 Å². The van der Waals surface area contributed by atoms with Gasteiger partial charge in [-0.05, 0) is 44.4 Å². The van der Waals surface area contributed by atoms with E-state index in [4.69, 9.17) is 0 Å². The van der Waals surface area contributed by atoms with Crippen molar-refractivity contribution in [3.8, 4) is 0 Å². The van der Waals surface area contributed by atoms with Crippen LogP contribution in [-0.2, 0) is 5.54 Å². The van der Waals surface area contributed by atoms with Gasteiger partial charge in [-0.1, -0.05) is 6.07 Å². The third kappa shape index (κ3) is 2.23. The molecule has 3 heterocycles. The summed E-state index contributed by atoms with van der Waals surface area (Å²) in [6, 6.07) is 4.55. The van der Waals surface area contributed by atoms with Crippen LogP contribution in [0.2, 0.25) is 0 Å². The molecule has 1 aromatic heterocycles. The van der Waals surface area contributed by atoms with E-state index >= 15 is 0 Å². The summed E-state index contributed by atoms with van der Waals surface area (Å²) in [6.45, 7) is 7.17. The molecule has 1 aromatic rings. The number of hydrogen-bond donors (Lipinski definition) is 1. The Morgan fingerprint density at radius 3 is 2.50 bits per heavy atom. The van der Waals surface area contributed by atoms with Crippen LogP contribution in [0, 0.1) is 0 Å². The van der Waals surface area contributed by atoms with E-state index in [0.29, 0.717) is 5.54 Å². The van der Waals surface area contributed by atoms with Gasteiger partial charge in [0.2, 0.25) is 0 Å². The molecule has 2 saturated heterocycles. The van der Waals surface area contributed by atoms with Crippen LogP contribution in [0.3, 0.4) is 0 Å². The zero-order chi connectivity index (χ0) is 12.4. The number of nitrogens with zero attached hydrogens (tertiary/aromatic N) is 2. The second-order valence-corrected chi connectivity index (χ2v) is 6.50. The van der Waals surface area contributed by atoms with Crippen LogP contribution in [0.4, 0.5) is 0 Å². The molecule has 100 valence electrons. The van der Waals surface area contributed by atoms with Gasteiger partial charge in [0, 0.05) is 31.1 Å². The largest absolute Gasteiger partial charge is 0.317 e. The van der Waals surface area contributed by atoms with Gasteiger partial charge in [0.1, 0.15) is 0 Å². The van der Waals surface area contributed by atoms with E-state index in [0.717, 1.165) is 13.1 Å². The van der Waals surface area contributed by atoms with Crippen molar-refractivity contribution in [1.29, 1.82) is 0 Å². The van der Waals surface area contributed by atoms with E-state index in [9.17, 15) is 0 Å². The van der Waals surface area contributed by atoms with Gasteiger partial charge in [-0.15, -0.1) is 11.3 Å². The quantitative estimate of drug-likeness (QED) is 0.876. The van der Waals surface area contributed by atoms with Crippen molar-refractivity contribution in [1.82, 2.24) is 15.1 Å². The molecule has 0 unspecified atom stereocenters. The first-order chi connectivity index (χ1) is 8.81. The highest BCUT2D eigenvalue weighted by Crippen LogP contribution is 2.39. The van der Waals surface area contributed by atoms with E-state index < -0.39 is 0 Å². The summed E-state index contributed by atoms with van der Waals surface area (Å²) >= 11 is 1.94. The molecular weight excluding hydrogens is 242 g/mol. The molecule has 2 aliphatic heterocycles. The Kier molecular flexibility index (Phi) is 3.71. The Bertz CT molecular complexity index is 362. The molecule has 18 heavy (non-hydrogen) atoms. The standard InChI is InChI=1S/C14H23N3S/c1-16-8-10-17(11-9-16)14(4-6-15-7-5-14)13-3-2-12-18-13/h2-3,12,15H,4-11H2,1H3. The molecule has 2 fully saturated rings. The predicted octanol–water partition coefficient (Wildman–Crippen LogP) is 1.57. The van der Waals surface area contributed by atoms with E-state index in [1.54, 1.807) is 4.88 Å². The third-order valence-corrected chi connectivity index (χ3v) is 5.58. The zero-order valence-electron chi connectivity index (χ0n) is 11.2. The molecule has 3 nitrogen and oxygen atoms in total. The molecule has 0 aromatic carbocycles. The molecule has 2 aliphatic rings. The Morgan fingerprint density at radius 1 is 1.17 bits per heavy atom. The Hall–Kier alpha value is -0.420. The van der Waals surface area contributed by atoms with E-state index in [1.165, 1.54) is 39.0 Å². The van der Waals surface area contributed by atoms with Gasteiger partial charge in [0.25, 0.3) is 0 Å². The maximum absolute atomic E-state index is 3.52. The number of piperidine rings is 1. The van der Waals surface area contributed by atoms with Gasteiger partial charge >= 0.3 is 0 Å². The number of piperazine rings is 1. The van der Waals surface area contributed by atoms with E-state index in [-0.39, 0.29) is 0 Å². The lowest BCUT2D eigenvalue weighted by atomic mass is 9.84. The summed E-state index contributed by atoms with van der Waals surface area (Å²) in [5, 5.41) is 5.75. The van der Waals surface area contributed by atoms with Crippen molar-refractivity contribution in [2.45, 2.75) is 18.4 Å². The Morgan fingerprint density at radius 2 is 1.89 bits per heavy atom. The predicted molar refractivity (Wildman–Crippen MR) is 77.2 cm³/mol. The second kappa shape index (κ2) is 5.29. The molecule has 0 bridgehead atoms. The van der Waals surface area contributed by atoms with Crippen LogP contribution in [0.1, 0.15) is 17.7 Å². The third-order valence-electron chi connectivity index (χ3n) is 4.52. The first kappa shape index (κ1) is 12.6. The average molecular weight is 265 g/mol. The van der Waals surface area contributed by atoms with Crippen LogP contribution in [0.25, 0.3) is 0 Å². The van der Waals surface area contributed by atoms with Crippen molar-refractivity contribution >= 4 is 11.3 Å². The highest BCUT2D eigenvalue weighted by atomic mass is 32.1. The molecule has 0 radical (unpaired) electrons. The molecule has 0 aliphatic carbocycles. The first-order valence-corrected chi connectivity index (χ1v) is 7.87. The molecule has 4 heteroatoms. The average Bonchev–Trinajstić information content (AvgIpc) is 2.95. The molecule has 0 spiro atoms. The monoisotopic (exact) mass is 265 g/mol. The minimum atomic E-state index is 0.320. The molecular formula is C14H23N3S. The lowest BCUT2D eigenvalue weighted by Crippen LogP contribution is -2.57. The summed E-state index contributed by atoms with van der Waals surface area (Å²) < 4.78 is 0. The molecule has 0 amide bonds. The number of nitrogens with one attached hydrogen (secondary N) is 1. The maximum Gasteiger partial charge on any atom is 0.0578 e. The molecule has 0 atom stereocenters. The van der Waals surface area contributed by atoms with Gasteiger partial charge in [-0.3, -0.25) is 4.90 Å². The minimum absolute atomic E-state index is 0.320. The molecule has 0 saturated carbocycles. The van der Waals surface area contributed by atoms with Crippen LogP contribution in [-0.4, -0.2) is 56.1 Å². The van der Waals surface area contributed by atoms with Crippen LogP contribution in [0.5, 0.6) is 0 Å². The minimum Gasteiger partial charge on any atom is -0.317 e. The van der Waals surface area contributed by atoms with Crippen molar-refractivity contribution in [3.63, 3.8) is 0 Å². The van der Waals surface area contributed by atoms with Gasteiger partial charge in [-0.2, -0.15) is 0 Å². The normalized spacial score (nSPS) is 26.3. The van der Waals surface area contributed by atoms with Gasteiger partial charge in [-0.25, -0.2) is 0 Å². The smallest absolute Gasteiger partial charge is 0.0578 e. The Balaban J connectivity index is 1.85. The fraction of sp³-hybridized carbons (Fsp3) is 0.714. The topological polar surface area (TPSA) is 18.5 Å². The SMILES string of the molecule is CN1CCN(C2(c3cccs3)CCNCC2)CC1. The highest BCUT2D eigenvalue weighted by molar-refractivity contribution is 7.10. The van der Waals surface area contributed by atoms with Crippen LogP contribution in [0.15, 0.2) is 17.5 Å². The fourth-order valence-corrected chi connectivity index (χ4v) is 4.35. The summed E-state index contributed by atoms with van der Waals surface area (Å²) in [6.07, 6.45) is 2.52.